The molecule has 2 unspecified atom stereocenters. The van der Waals surface area contributed by atoms with Gasteiger partial charge in [-0.3, -0.25) is 37.3 Å². The summed E-state index contributed by atoms with van der Waals surface area (Å²) in [5, 5.41) is 10.6. The van der Waals surface area contributed by atoms with Crippen molar-refractivity contribution in [1.82, 2.24) is 0 Å². The van der Waals surface area contributed by atoms with Crippen molar-refractivity contribution in [1.29, 1.82) is 0 Å². The summed E-state index contributed by atoms with van der Waals surface area (Å²) in [6.07, 6.45) is 62.7. The summed E-state index contributed by atoms with van der Waals surface area (Å²) in [6, 6.07) is 0. The number of phosphoric acid groups is 2. The maximum Gasteiger partial charge on any atom is 0.472 e. The molecule has 0 fully saturated rings. The van der Waals surface area contributed by atoms with Crippen molar-refractivity contribution < 1.29 is 80.2 Å². The summed E-state index contributed by atoms with van der Waals surface area (Å²) in [5.41, 5.74) is 0. The summed E-state index contributed by atoms with van der Waals surface area (Å²) in [4.78, 5) is 72.7. The van der Waals surface area contributed by atoms with Crippen LogP contribution in [0.3, 0.4) is 0 Å². The monoisotopic (exact) mass is 1370 g/mol. The van der Waals surface area contributed by atoms with E-state index in [-0.39, 0.29) is 25.7 Å². The number of rotatable bonds is 73. The minimum atomic E-state index is -4.96. The van der Waals surface area contributed by atoms with Gasteiger partial charge in [0.05, 0.1) is 26.4 Å². The molecule has 0 aromatic rings. The number of hydrogen-bond acceptors (Lipinski definition) is 15. The van der Waals surface area contributed by atoms with Crippen LogP contribution in [-0.2, 0) is 65.4 Å². The average molecular weight is 1380 g/mol. The topological polar surface area (TPSA) is 237 Å². The van der Waals surface area contributed by atoms with Crippen LogP contribution in [0.5, 0.6) is 0 Å². The van der Waals surface area contributed by atoms with Crippen LogP contribution in [-0.4, -0.2) is 96.7 Å². The molecule has 19 heteroatoms. The summed E-state index contributed by atoms with van der Waals surface area (Å²) in [7, 11) is -9.93. The smallest absolute Gasteiger partial charge is 0.462 e. The fourth-order valence-corrected chi connectivity index (χ4v) is 12.3. The lowest BCUT2D eigenvalue weighted by atomic mass is 10.0. The summed E-state index contributed by atoms with van der Waals surface area (Å²) in [5.74, 6) is -2.16. The molecule has 0 saturated heterocycles. The lowest BCUT2D eigenvalue weighted by molar-refractivity contribution is -0.161. The molecule has 0 bridgehead atoms. The molecule has 0 radical (unpaired) electrons. The van der Waals surface area contributed by atoms with Gasteiger partial charge in [0.2, 0.25) is 0 Å². The number of hydrogen-bond donors (Lipinski definition) is 3. The third-order valence-corrected chi connectivity index (χ3v) is 18.5. The van der Waals surface area contributed by atoms with Crippen molar-refractivity contribution >= 4 is 39.5 Å². The first kappa shape index (κ1) is 91.3. The van der Waals surface area contributed by atoms with E-state index in [1.165, 1.54) is 161 Å². The van der Waals surface area contributed by atoms with Crippen molar-refractivity contribution in [2.24, 2.45) is 0 Å². The van der Waals surface area contributed by atoms with Crippen LogP contribution in [0.15, 0.2) is 36.5 Å². The average Bonchev–Trinajstić information content (AvgIpc) is 2.26. The van der Waals surface area contributed by atoms with Gasteiger partial charge in [-0.1, -0.05) is 295 Å². The van der Waals surface area contributed by atoms with Crippen molar-refractivity contribution in [3.63, 3.8) is 0 Å². The van der Waals surface area contributed by atoms with E-state index in [1.807, 2.05) is 0 Å². The molecule has 0 aromatic carbocycles. The predicted octanol–water partition coefficient (Wildman–Crippen LogP) is 21.6. The second kappa shape index (κ2) is 68.8. The maximum absolute atomic E-state index is 13.1. The van der Waals surface area contributed by atoms with Crippen LogP contribution in [0.2, 0.25) is 0 Å². The first-order valence-corrected chi connectivity index (χ1v) is 41.2. The fourth-order valence-electron chi connectivity index (χ4n) is 10.7. The summed E-state index contributed by atoms with van der Waals surface area (Å²) >= 11 is 0. The Morgan fingerprint density at radius 3 is 0.809 bits per heavy atom. The highest BCUT2D eigenvalue weighted by Crippen LogP contribution is 2.45. The van der Waals surface area contributed by atoms with E-state index < -0.39 is 97.5 Å². The number of carbonyl (C=O) groups excluding carboxylic acids is 4. The normalized spacial score (nSPS) is 14.2. The van der Waals surface area contributed by atoms with E-state index in [9.17, 15) is 43.2 Å². The number of esters is 4. The van der Waals surface area contributed by atoms with E-state index in [0.717, 1.165) is 122 Å². The SMILES string of the molecule is CCCCCC/C=C\C=C/CCCCCCCC(=O)O[C@H](COC(=O)CCCCCCCCCCCCCCC)COP(=O)(O)OC[C@@H](O)COP(=O)(O)OC[C@@H](COC(=O)CCCCCCC/C=C\CCCCCC)OC(=O)CCCCCCCCCCCCCCC. The molecule has 0 aliphatic heterocycles. The second-order valence-corrected chi connectivity index (χ2v) is 28.9. The van der Waals surface area contributed by atoms with Gasteiger partial charge in [0.25, 0.3) is 0 Å². The van der Waals surface area contributed by atoms with Crippen LogP contribution in [0.4, 0.5) is 0 Å². The highest BCUT2D eigenvalue weighted by Gasteiger charge is 2.30. The van der Waals surface area contributed by atoms with Gasteiger partial charge in [0, 0.05) is 25.7 Å². The Kier molecular flexibility index (Phi) is 66.8. The van der Waals surface area contributed by atoms with Gasteiger partial charge >= 0.3 is 39.5 Å². The Labute approximate surface area is 573 Å². The van der Waals surface area contributed by atoms with E-state index in [4.69, 9.17) is 37.0 Å². The van der Waals surface area contributed by atoms with Crippen molar-refractivity contribution in [2.75, 3.05) is 39.6 Å². The van der Waals surface area contributed by atoms with Gasteiger partial charge in [-0.2, -0.15) is 0 Å². The molecular weight excluding hydrogens is 1230 g/mol. The number of phosphoric ester groups is 2. The molecule has 0 aliphatic rings. The van der Waals surface area contributed by atoms with Crippen LogP contribution in [0, 0.1) is 0 Å². The Morgan fingerprint density at radius 1 is 0.298 bits per heavy atom. The molecule has 0 spiro atoms. The Balaban J connectivity index is 5.31. The molecule has 0 rings (SSSR count). The van der Waals surface area contributed by atoms with Crippen LogP contribution in [0.25, 0.3) is 0 Å². The molecule has 3 N–H and O–H groups in total. The largest absolute Gasteiger partial charge is 0.472 e. The van der Waals surface area contributed by atoms with Crippen molar-refractivity contribution in [3.8, 4) is 0 Å². The van der Waals surface area contributed by atoms with Crippen molar-refractivity contribution in [3.05, 3.63) is 36.5 Å². The summed E-state index contributed by atoms with van der Waals surface area (Å²) in [6.45, 7) is 4.88. The minimum absolute atomic E-state index is 0.0846. The lowest BCUT2D eigenvalue weighted by Gasteiger charge is -2.21. The number of carbonyl (C=O) groups is 4. The zero-order valence-electron chi connectivity index (χ0n) is 60.2. The first-order valence-electron chi connectivity index (χ1n) is 38.2. The third-order valence-electron chi connectivity index (χ3n) is 16.6. The van der Waals surface area contributed by atoms with Gasteiger partial charge in [-0.05, 0) is 77.0 Å². The predicted molar refractivity (Wildman–Crippen MR) is 381 cm³/mol. The molecule has 94 heavy (non-hydrogen) atoms. The van der Waals surface area contributed by atoms with Gasteiger partial charge in [-0.15, -0.1) is 0 Å². The maximum atomic E-state index is 13.1. The Hall–Kier alpha value is -2.72. The Bertz CT molecular complexity index is 1930. The van der Waals surface area contributed by atoms with E-state index in [0.29, 0.717) is 25.7 Å². The molecule has 17 nitrogen and oxygen atoms in total. The molecule has 0 amide bonds. The number of unbranched alkanes of at least 4 members (excludes halogenated alkanes) is 42. The van der Waals surface area contributed by atoms with Crippen LogP contribution < -0.4 is 0 Å². The first-order chi connectivity index (χ1) is 45.7. The van der Waals surface area contributed by atoms with Crippen molar-refractivity contribution in [2.45, 2.75) is 380 Å². The minimum Gasteiger partial charge on any atom is -0.462 e. The van der Waals surface area contributed by atoms with E-state index >= 15 is 0 Å². The Morgan fingerprint density at radius 2 is 0.521 bits per heavy atom. The highest BCUT2D eigenvalue weighted by atomic mass is 31.2. The second-order valence-electron chi connectivity index (χ2n) is 26.0. The molecule has 0 heterocycles. The van der Waals surface area contributed by atoms with E-state index in [2.05, 4.69) is 64.2 Å². The van der Waals surface area contributed by atoms with Gasteiger partial charge < -0.3 is 33.8 Å². The van der Waals surface area contributed by atoms with Gasteiger partial charge in [0.15, 0.2) is 12.2 Å². The third kappa shape index (κ3) is 67.8. The molecule has 0 aliphatic carbocycles. The zero-order chi connectivity index (χ0) is 69.0. The summed E-state index contributed by atoms with van der Waals surface area (Å²) < 4.78 is 68.4. The zero-order valence-corrected chi connectivity index (χ0v) is 61.9. The number of ether oxygens (including phenoxy) is 4. The van der Waals surface area contributed by atoms with E-state index in [1.54, 1.807) is 0 Å². The van der Waals surface area contributed by atoms with Gasteiger partial charge in [-0.25, -0.2) is 9.13 Å². The molecule has 5 atom stereocenters. The lowest BCUT2D eigenvalue weighted by Crippen LogP contribution is -2.30. The molecule has 552 valence electrons. The quantitative estimate of drug-likeness (QED) is 0.0128. The highest BCUT2D eigenvalue weighted by molar-refractivity contribution is 7.47. The number of allylic oxidation sites excluding steroid dienone is 6. The van der Waals surface area contributed by atoms with Crippen LogP contribution >= 0.6 is 15.6 Å². The molecule has 0 aromatic heterocycles. The molecule has 0 saturated carbocycles. The standard InChI is InChI=1S/C75H140O17P2/c1-5-9-13-17-21-25-29-33-34-38-42-46-50-54-58-62-75(80)92-71(66-86-73(78)60-56-52-48-44-40-36-31-27-23-19-15-11-7-3)68-90-94(83,84)88-64-69(76)63-87-93(81,82)89-67-70(91-74(79)61-57-53-49-45-41-37-32-28-24-20-16-12-8-4)65-85-72(77)59-55-51-47-43-39-35-30-26-22-18-14-10-6-2/h25-26,29-30,33-34,69-71,76H,5-24,27-28,31-32,35-68H2,1-4H3,(H,81,82)(H,83,84)/b29-25-,30-26-,34-33-/t69-,70+,71+/m0/s1. The number of aliphatic hydroxyl groups is 1. The van der Waals surface area contributed by atoms with Crippen LogP contribution in [0.1, 0.15) is 362 Å². The number of aliphatic hydroxyl groups excluding tert-OH is 1. The fraction of sp³-hybridized carbons (Fsp3) is 0.867. The van der Waals surface area contributed by atoms with Gasteiger partial charge in [0.1, 0.15) is 19.3 Å². The molecular formula is C75H140O17P2.